The number of hydrazone groups is 1. The Bertz CT molecular complexity index is 661. The third-order valence-electron chi connectivity index (χ3n) is 3.48. The number of rotatable bonds is 6. The number of ether oxygens (including phenoxy) is 1. The largest absolute Gasteiger partial charge is 0.481 e. The molecule has 1 amide bonds. The molecule has 23 heavy (non-hydrogen) atoms. The number of hydrogen-bond acceptors (Lipinski definition) is 3. The van der Waals surface area contributed by atoms with Crippen molar-refractivity contribution < 1.29 is 9.53 Å². The van der Waals surface area contributed by atoms with Crippen LogP contribution >= 0.6 is 0 Å². The highest BCUT2D eigenvalue weighted by Crippen LogP contribution is 2.13. The highest BCUT2D eigenvalue weighted by Gasteiger charge is 2.13. The van der Waals surface area contributed by atoms with Crippen LogP contribution in [0, 0.1) is 6.92 Å². The predicted molar refractivity (Wildman–Crippen MR) is 92.8 cm³/mol. The molecule has 1 N–H and O–H groups in total. The monoisotopic (exact) mass is 310 g/mol. The number of hydrogen-bond donors (Lipinski definition) is 1. The van der Waals surface area contributed by atoms with Crippen LogP contribution in [0.3, 0.4) is 0 Å². The number of aryl methyl sites for hydroxylation is 2. The lowest BCUT2D eigenvalue weighted by Gasteiger charge is -2.12. The average Bonchev–Trinajstić information content (AvgIpc) is 2.57. The van der Waals surface area contributed by atoms with Crippen molar-refractivity contribution in [2.75, 3.05) is 0 Å². The van der Waals surface area contributed by atoms with E-state index < -0.39 is 6.10 Å². The standard InChI is InChI=1S/C19H22N2O2/c1-4-16-7-9-17(10-8-16)13-20-21-19(22)15(3)23-18-11-5-14(2)6-12-18/h5-13,15H,4H2,1-3H3,(H,21,22)/t15-/m0/s1. The Labute approximate surface area is 137 Å². The minimum Gasteiger partial charge on any atom is -0.481 e. The van der Waals surface area contributed by atoms with Crippen molar-refractivity contribution >= 4 is 12.1 Å². The normalized spacial score (nSPS) is 12.1. The highest BCUT2D eigenvalue weighted by atomic mass is 16.5. The molecule has 2 aromatic rings. The van der Waals surface area contributed by atoms with Gasteiger partial charge in [0.15, 0.2) is 6.10 Å². The number of carbonyl (C=O) groups is 1. The molecule has 0 aromatic heterocycles. The summed E-state index contributed by atoms with van der Waals surface area (Å²) in [4.78, 5) is 12.0. The van der Waals surface area contributed by atoms with E-state index in [2.05, 4.69) is 17.5 Å². The maximum Gasteiger partial charge on any atom is 0.280 e. The van der Waals surface area contributed by atoms with Crippen molar-refractivity contribution in [2.24, 2.45) is 5.10 Å². The topological polar surface area (TPSA) is 50.7 Å². The summed E-state index contributed by atoms with van der Waals surface area (Å²) in [5, 5.41) is 3.97. The van der Waals surface area contributed by atoms with Gasteiger partial charge in [0.2, 0.25) is 0 Å². The maximum atomic E-state index is 12.0. The molecule has 0 aliphatic carbocycles. The SMILES string of the molecule is CCc1ccc(C=NNC(=O)[C@H](C)Oc2ccc(C)cc2)cc1. The van der Waals surface area contributed by atoms with Gasteiger partial charge in [0.25, 0.3) is 5.91 Å². The summed E-state index contributed by atoms with van der Waals surface area (Å²) in [5.41, 5.74) is 5.85. The zero-order valence-corrected chi connectivity index (χ0v) is 13.7. The zero-order chi connectivity index (χ0) is 16.7. The van der Waals surface area contributed by atoms with E-state index in [1.165, 1.54) is 5.56 Å². The molecule has 0 aliphatic heterocycles. The Morgan fingerprint density at radius 3 is 2.43 bits per heavy atom. The summed E-state index contributed by atoms with van der Waals surface area (Å²) in [6, 6.07) is 15.6. The first-order valence-corrected chi connectivity index (χ1v) is 7.73. The number of amides is 1. The second-order valence-electron chi connectivity index (χ2n) is 5.40. The summed E-state index contributed by atoms with van der Waals surface area (Å²) in [6.45, 7) is 5.81. The van der Waals surface area contributed by atoms with Crippen molar-refractivity contribution in [1.29, 1.82) is 0 Å². The highest BCUT2D eigenvalue weighted by molar-refractivity contribution is 5.84. The van der Waals surface area contributed by atoms with E-state index in [1.807, 2.05) is 55.5 Å². The molecule has 2 rings (SSSR count). The van der Waals surface area contributed by atoms with Gasteiger partial charge in [-0.15, -0.1) is 0 Å². The van der Waals surface area contributed by atoms with Crippen LogP contribution in [0.5, 0.6) is 5.75 Å². The zero-order valence-electron chi connectivity index (χ0n) is 13.7. The number of carbonyl (C=O) groups excluding carboxylic acids is 1. The molecule has 0 heterocycles. The number of benzene rings is 2. The van der Waals surface area contributed by atoms with Crippen LogP contribution in [0.15, 0.2) is 53.6 Å². The van der Waals surface area contributed by atoms with Crippen molar-refractivity contribution in [1.82, 2.24) is 5.43 Å². The van der Waals surface area contributed by atoms with E-state index in [0.717, 1.165) is 17.5 Å². The fourth-order valence-electron chi connectivity index (χ4n) is 1.98. The fraction of sp³-hybridized carbons (Fsp3) is 0.263. The van der Waals surface area contributed by atoms with Crippen LogP contribution in [0.1, 0.15) is 30.5 Å². The van der Waals surface area contributed by atoms with Gasteiger partial charge in [0.05, 0.1) is 6.21 Å². The van der Waals surface area contributed by atoms with E-state index in [9.17, 15) is 4.79 Å². The van der Waals surface area contributed by atoms with Crippen LogP contribution < -0.4 is 10.2 Å². The Hall–Kier alpha value is -2.62. The lowest BCUT2D eigenvalue weighted by molar-refractivity contribution is -0.127. The lowest BCUT2D eigenvalue weighted by Crippen LogP contribution is -2.33. The minimum absolute atomic E-state index is 0.285. The molecule has 0 fully saturated rings. The lowest BCUT2D eigenvalue weighted by atomic mass is 10.1. The van der Waals surface area contributed by atoms with Crippen molar-refractivity contribution in [3.05, 3.63) is 65.2 Å². The van der Waals surface area contributed by atoms with Gasteiger partial charge in [-0.25, -0.2) is 5.43 Å². The molecule has 4 heteroatoms. The smallest absolute Gasteiger partial charge is 0.280 e. The molecular weight excluding hydrogens is 288 g/mol. The predicted octanol–water partition coefficient (Wildman–Crippen LogP) is 3.48. The van der Waals surface area contributed by atoms with Gasteiger partial charge < -0.3 is 4.74 Å². The van der Waals surface area contributed by atoms with Crippen LogP contribution in [0.2, 0.25) is 0 Å². The quantitative estimate of drug-likeness (QED) is 0.656. The Morgan fingerprint density at radius 2 is 1.83 bits per heavy atom. The van der Waals surface area contributed by atoms with Gasteiger partial charge in [-0.05, 0) is 43.5 Å². The molecule has 120 valence electrons. The van der Waals surface area contributed by atoms with E-state index in [1.54, 1.807) is 13.1 Å². The number of nitrogens with one attached hydrogen (secondary N) is 1. The van der Waals surface area contributed by atoms with Gasteiger partial charge in [0.1, 0.15) is 5.75 Å². The molecule has 2 aromatic carbocycles. The maximum absolute atomic E-state index is 12.0. The average molecular weight is 310 g/mol. The molecule has 4 nitrogen and oxygen atoms in total. The summed E-state index contributed by atoms with van der Waals surface area (Å²) in [6.07, 6.45) is 2.01. The molecular formula is C19H22N2O2. The van der Waals surface area contributed by atoms with Crippen LogP contribution in [0.4, 0.5) is 0 Å². The fourth-order valence-corrected chi connectivity index (χ4v) is 1.98. The van der Waals surface area contributed by atoms with Crippen molar-refractivity contribution in [3.8, 4) is 5.75 Å². The second kappa shape index (κ2) is 8.13. The molecule has 0 radical (unpaired) electrons. The first-order valence-electron chi connectivity index (χ1n) is 7.73. The van der Waals surface area contributed by atoms with Gasteiger partial charge in [-0.1, -0.05) is 48.9 Å². The third-order valence-corrected chi connectivity index (χ3v) is 3.48. The third kappa shape index (κ3) is 5.25. The van der Waals surface area contributed by atoms with Crippen molar-refractivity contribution in [2.45, 2.75) is 33.3 Å². The van der Waals surface area contributed by atoms with E-state index in [0.29, 0.717) is 5.75 Å². The van der Waals surface area contributed by atoms with Gasteiger partial charge in [-0.2, -0.15) is 5.10 Å². The molecule has 0 bridgehead atoms. The van der Waals surface area contributed by atoms with E-state index in [-0.39, 0.29) is 5.91 Å². The molecule has 0 saturated carbocycles. The molecule has 0 unspecified atom stereocenters. The summed E-state index contributed by atoms with van der Waals surface area (Å²) in [5.74, 6) is 0.379. The van der Waals surface area contributed by atoms with Crippen LogP contribution in [0.25, 0.3) is 0 Å². The number of nitrogens with zero attached hydrogens (tertiary/aromatic N) is 1. The van der Waals surface area contributed by atoms with Gasteiger partial charge >= 0.3 is 0 Å². The molecule has 0 spiro atoms. The van der Waals surface area contributed by atoms with Gasteiger partial charge in [0, 0.05) is 0 Å². The second-order valence-corrected chi connectivity index (χ2v) is 5.40. The summed E-state index contributed by atoms with van der Waals surface area (Å²) >= 11 is 0. The van der Waals surface area contributed by atoms with E-state index in [4.69, 9.17) is 4.74 Å². The molecule has 0 saturated heterocycles. The molecule has 0 aliphatic rings. The van der Waals surface area contributed by atoms with Crippen LogP contribution in [-0.2, 0) is 11.2 Å². The Balaban J connectivity index is 1.85. The van der Waals surface area contributed by atoms with Crippen LogP contribution in [-0.4, -0.2) is 18.2 Å². The molecule has 1 atom stereocenters. The Kier molecular flexibility index (Phi) is 5.92. The van der Waals surface area contributed by atoms with E-state index >= 15 is 0 Å². The van der Waals surface area contributed by atoms with Gasteiger partial charge in [-0.3, -0.25) is 4.79 Å². The summed E-state index contributed by atoms with van der Waals surface area (Å²) < 4.78 is 5.58. The van der Waals surface area contributed by atoms with Crippen molar-refractivity contribution in [3.63, 3.8) is 0 Å². The Morgan fingerprint density at radius 1 is 1.17 bits per heavy atom. The summed E-state index contributed by atoms with van der Waals surface area (Å²) in [7, 11) is 0. The first-order chi connectivity index (χ1) is 11.1. The minimum atomic E-state index is -0.614. The first kappa shape index (κ1) is 16.7.